The number of hydrogen-bond donors (Lipinski definition) is 1. The van der Waals surface area contributed by atoms with Crippen LogP contribution in [-0.2, 0) is 4.79 Å². The molecule has 0 saturated carbocycles. The van der Waals surface area contributed by atoms with Crippen molar-refractivity contribution in [2.24, 2.45) is 0 Å². The molecule has 4 aromatic heterocycles. The van der Waals surface area contributed by atoms with E-state index in [4.69, 9.17) is 4.74 Å². The number of ether oxygens (including phenoxy) is 1. The van der Waals surface area contributed by atoms with Gasteiger partial charge in [-0.25, -0.2) is 4.98 Å². The fourth-order valence-corrected chi connectivity index (χ4v) is 5.68. The van der Waals surface area contributed by atoms with Gasteiger partial charge in [0.05, 0.1) is 26.8 Å². The molecule has 1 amide bonds. The number of rotatable bonds is 4. The van der Waals surface area contributed by atoms with Crippen LogP contribution in [0.3, 0.4) is 0 Å². The topological polar surface area (TPSA) is 85.6 Å². The Bertz CT molecular complexity index is 1990. The van der Waals surface area contributed by atoms with E-state index in [-0.39, 0.29) is 11.5 Å². The molecule has 0 aliphatic rings. The van der Waals surface area contributed by atoms with Gasteiger partial charge >= 0.3 is 0 Å². The van der Waals surface area contributed by atoms with Crippen molar-refractivity contribution >= 4 is 70.7 Å². The van der Waals surface area contributed by atoms with E-state index in [9.17, 15) is 9.59 Å². The number of carbonyl (C=O) groups is 1. The van der Waals surface area contributed by atoms with Gasteiger partial charge in [0.1, 0.15) is 5.75 Å². The van der Waals surface area contributed by atoms with Gasteiger partial charge in [0.15, 0.2) is 11.2 Å². The van der Waals surface area contributed by atoms with Crippen molar-refractivity contribution in [1.29, 1.82) is 0 Å². The minimum absolute atomic E-state index is 0.0802. The number of fused-ring (bicyclic) bond motifs is 6. The van der Waals surface area contributed by atoms with Gasteiger partial charge in [-0.2, -0.15) is 0 Å². The van der Waals surface area contributed by atoms with Crippen molar-refractivity contribution in [3.63, 3.8) is 0 Å². The molecule has 0 bridgehead atoms. The van der Waals surface area contributed by atoms with Crippen LogP contribution in [0, 0.1) is 0 Å². The summed E-state index contributed by atoms with van der Waals surface area (Å²) >= 11 is 1.42. The Morgan fingerprint density at radius 3 is 2.64 bits per heavy atom. The highest BCUT2D eigenvalue weighted by Crippen LogP contribution is 2.35. The Morgan fingerprint density at radius 1 is 0.972 bits per heavy atom. The number of carbonyl (C=O) groups excluding carboxylic acids is 1. The maximum Gasteiger partial charge on any atom is 0.266 e. The van der Waals surface area contributed by atoms with E-state index in [0.29, 0.717) is 16.3 Å². The maximum absolute atomic E-state index is 13.4. The number of anilines is 1. The van der Waals surface area contributed by atoms with Gasteiger partial charge in [0, 0.05) is 27.7 Å². The Kier molecular flexibility index (Phi) is 4.46. The summed E-state index contributed by atoms with van der Waals surface area (Å²) in [6, 6.07) is 22.7. The second-order valence-corrected chi connectivity index (χ2v) is 9.69. The number of nitrogens with one attached hydrogen (secondary N) is 1. The lowest BCUT2D eigenvalue weighted by Crippen LogP contribution is -2.30. The average molecular weight is 491 g/mol. The molecular formula is C28H18N4O3S. The molecule has 3 aromatic carbocycles. The number of pyridine rings is 2. The molecule has 0 aliphatic heterocycles. The molecule has 0 saturated heterocycles. The normalized spacial score (nSPS) is 12.7. The van der Waals surface area contributed by atoms with Gasteiger partial charge in [0.25, 0.3) is 11.5 Å². The number of benzene rings is 3. The molecule has 1 N–H and O–H groups in total. The molecule has 7 nitrogen and oxygen atoms in total. The van der Waals surface area contributed by atoms with Crippen molar-refractivity contribution in [3.8, 4) is 5.75 Å². The van der Waals surface area contributed by atoms with Gasteiger partial charge in [-0.05, 0) is 49.4 Å². The molecule has 0 spiro atoms. The molecular weight excluding hydrogens is 472 g/mol. The van der Waals surface area contributed by atoms with E-state index in [2.05, 4.69) is 15.3 Å². The smallest absolute Gasteiger partial charge is 0.266 e. The van der Waals surface area contributed by atoms with Crippen LogP contribution < -0.4 is 15.6 Å². The number of hydrogen-bond acceptors (Lipinski definition) is 6. The highest BCUT2D eigenvalue weighted by Gasteiger charge is 2.20. The zero-order valence-electron chi connectivity index (χ0n) is 19.1. The Labute approximate surface area is 207 Å². The Morgan fingerprint density at radius 2 is 1.78 bits per heavy atom. The zero-order chi connectivity index (χ0) is 24.4. The molecule has 7 aromatic rings. The number of nitrogens with zero attached hydrogens (tertiary/aromatic N) is 3. The van der Waals surface area contributed by atoms with Crippen LogP contribution in [0.2, 0.25) is 0 Å². The minimum Gasteiger partial charge on any atom is -0.481 e. The van der Waals surface area contributed by atoms with Crippen LogP contribution in [0.1, 0.15) is 6.92 Å². The van der Waals surface area contributed by atoms with Crippen LogP contribution in [0.4, 0.5) is 5.13 Å². The predicted molar refractivity (Wildman–Crippen MR) is 144 cm³/mol. The van der Waals surface area contributed by atoms with E-state index >= 15 is 0 Å². The van der Waals surface area contributed by atoms with Crippen LogP contribution in [0.15, 0.2) is 83.8 Å². The van der Waals surface area contributed by atoms with Gasteiger partial charge in [-0.1, -0.05) is 41.7 Å². The summed E-state index contributed by atoms with van der Waals surface area (Å²) in [5.74, 6) is 0.252. The lowest BCUT2D eigenvalue weighted by atomic mass is 10.1. The molecule has 1 unspecified atom stereocenters. The third kappa shape index (κ3) is 3.04. The lowest BCUT2D eigenvalue weighted by molar-refractivity contribution is -0.122. The van der Waals surface area contributed by atoms with Gasteiger partial charge in [-0.15, -0.1) is 0 Å². The van der Waals surface area contributed by atoms with E-state index in [1.54, 1.807) is 23.6 Å². The Hall–Kier alpha value is -4.56. The van der Waals surface area contributed by atoms with Crippen molar-refractivity contribution in [2.75, 3.05) is 5.32 Å². The summed E-state index contributed by atoms with van der Waals surface area (Å²) in [6.45, 7) is 1.70. The van der Waals surface area contributed by atoms with Crippen LogP contribution >= 0.6 is 11.3 Å². The Balaban J connectivity index is 1.27. The molecule has 4 heterocycles. The SMILES string of the molecule is CC(Oc1ccc2c(c1)c1ccnc3c4ccccc4c(=O)n2c13)C(=O)Nc1nc2ccccc2s1. The van der Waals surface area contributed by atoms with Crippen LogP contribution in [0.5, 0.6) is 5.75 Å². The summed E-state index contributed by atoms with van der Waals surface area (Å²) in [5.41, 5.74) is 3.11. The first-order valence-electron chi connectivity index (χ1n) is 11.5. The summed E-state index contributed by atoms with van der Waals surface area (Å²) in [4.78, 5) is 35.3. The lowest BCUT2D eigenvalue weighted by Gasteiger charge is -2.13. The van der Waals surface area contributed by atoms with E-state index in [0.717, 1.165) is 42.9 Å². The van der Waals surface area contributed by atoms with E-state index in [1.807, 2.05) is 66.7 Å². The molecule has 0 fully saturated rings. The summed E-state index contributed by atoms with van der Waals surface area (Å²) in [5, 5.41) is 6.62. The molecule has 7 rings (SSSR count). The second kappa shape index (κ2) is 7.73. The molecule has 8 heteroatoms. The molecule has 1 atom stereocenters. The highest BCUT2D eigenvalue weighted by atomic mass is 32.1. The molecule has 174 valence electrons. The summed E-state index contributed by atoms with van der Waals surface area (Å²) in [6.07, 6.45) is 1.01. The standard InChI is InChI=1S/C28H18N4O3S/c1-15(26(33)31-28-30-21-8-4-5-9-23(21)36-28)35-16-10-11-22-20(14-16)18-12-13-29-24-17-6-2-3-7-19(17)27(34)32(22)25(18)24/h2-15H,1H3,(H,30,31,33). The van der Waals surface area contributed by atoms with Crippen LogP contribution in [0.25, 0.3) is 48.3 Å². The molecule has 0 aliphatic carbocycles. The van der Waals surface area contributed by atoms with Crippen molar-refractivity contribution in [2.45, 2.75) is 13.0 Å². The van der Waals surface area contributed by atoms with Crippen LogP contribution in [-0.4, -0.2) is 26.4 Å². The fraction of sp³-hybridized carbons (Fsp3) is 0.0714. The quantitative estimate of drug-likeness (QED) is 0.324. The number of para-hydroxylation sites is 1. The third-order valence-corrected chi connectivity index (χ3v) is 7.42. The highest BCUT2D eigenvalue weighted by molar-refractivity contribution is 7.22. The van der Waals surface area contributed by atoms with Crippen molar-refractivity contribution in [1.82, 2.24) is 14.4 Å². The van der Waals surface area contributed by atoms with Gasteiger partial charge < -0.3 is 4.74 Å². The number of aromatic nitrogens is 3. The van der Waals surface area contributed by atoms with Crippen molar-refractivity contribution in [3.05, 3.63) is 89.3 Å². The predicted octanol–water partition coefficient (Wildman–Crippen LogP) is 5.61. The van der Waals surface area contributed by atoms with E-state index in [1.165, 1.54) is 11.3 Å². The first-order chi connectivity index (χ1) is 17.6. The van der Waals surface area contributed by atoms with Gasteiger partial charge in [0.2, 0.25) is 0 Å². The monoisotopic (exact) mass is 490 g/mol. The second-order valence-electron chi connectivity index (χ2n) is 8.66. The first-order valence-corrected chi connectivity index (χ1v) is 12.3. The van der Waals surface area contributed by atoms with Gasteiger partial charge in [-0.3, -0.25) is 24.3 Å². The minimum atomic E-state index is -0.749. The van der Waals surface area contributed by atoms with Crippen molar-refractivity contribution < 1.29 is 9.53 Å². The zero-order valence-corrected chi connectivity index (χ0v) is 19.9. The summed E-state index contributed by atoms with van der Waals surface area (Å²) in [7, 11) is 0. The fourth-order valence-electron chi connectivity index (χ4n) is 4.81. The first kappa shape index (κ1) is 20.8. The average Bonchev–Trinajstić information content (AvgIpc) is 3.46. The maximum atomic E-state index is 13.4. The summed E-state index contributed by atoms with van der Waals surface area (Å²) < 4.78 is 8.74. The van der Waals surface area contributed by atoms with E-state index < -0.39 is 6.10 Å². The molecule has 36 heavy (non-hydrogen) atoms. The largest absolute Gasteiger partial charge is 0.481 e. The molecule has 0 radical (unpaired) electrons. The number of thiazole rings is 1. The third-order valence-electron chi connectivity index (χ3n) is 6.47. The number of amides is 1.